The molecule has 0 bridgehead atoms. The second-order valence-corrected chi connectivity index (χ2v) is 9.75. The quantitative estimate of drug-likeness (QED) is 0.203. The topological polar surface area (TPSA) is 41.9 Å². The van der Waals surface area contributed by atoms with E-state index in [4.69, 9.17) is 21.4 Å². The first-order valence-corrected chi connectivity index (χ1v) is 13.1. The molecule has 2 aliphatic rings. The van der Waals surface area contributed by atoms with Crippen LogP contribution in [0.5, 0.6) is 0 Å². The fraction of sp³-hybridized carbons (Fsp3) is 0.114. The van der Waals surface area contributed by atoms with Crippen molar-refractivity contribution in [3.05, 3.63) is 132 Å². The van der Waals surface area contributed by atoms with Gasteiger partial charge in [-0.1, -0.05) is 103 Å². The standard InChI is InChI=1S/C35H28N4/c1-4-5-7-13-24(2)26-20-22-28(23-21-26)34-36-33(27-15-8-6-9-16-27)37-35(38-34)39-31-19-11-10-17-29(31)30-18-12-14-25(3)32(30)39/h1,5-17,19-23,30H,18H2,2-3H3/b7-5-,24-13+. The molecule has 39 heavy (non-hydrogen) atoms. The van der Waals surface area contributed by atoms with Crippen LogP contribution in [0, 0.1) is 12.3 Å². The van der Waals surface area contributed by atoms with E-state index >= 15 is 0 Å². The van der Waals surface area contributed by atoms with Gasteiger partial charge in [-0.3, -0.25) is 4.90 Å². The van der Waals surface area contributed by atoms with Gasteiger partial charge in [0.05, 0.1) is 5.69 Å². The number of nitrogens with zero attached hydrogens (tertiary/aromatic N) is 4. The lowest BCUT2D eigenvalue weighted by molar-refractivity contribution is 0.798. The molecule has 1 unspecified atom stereocenters. The van der Waals surface area contributed by atoms with Crippen LogP contribution in [0.4, 0.5) is 11.6 Å². The average Bonchev–Trinajstić information content (AvgIpc) is 3.33. The molecule has 1 aliphatic carbocycles. The lowest BCUT2D eigenvalue weighted by atomic mass is 9.89. The Balaban J connectivity index is 1.49. The molecule has 0 saturated carbocycles. The fourth-order valence-electron chi connectivity index (χ4n) is 5.33. The van der Waals surface area contributed by atoms with Crippen LogP contribution in [0.25, 0.3) is 28.3 Å². The highest BCUT2D eigenvalue weighted by atomic mass is 15.3. The number of hydrogen-bond donors (Lipinski definition) is 0. The summed E-state index contributed by atoms with van der Waals surface area (Å²) in [5.41, 5.74) is 9.05. The van der Waals surface area contributed by atoms with Crippen LogP contribution in [-0.4, -0.2) is 15.0 Å². The third-order valence-corrected chi connectivity index (χ3v) is 7.26. The van der Waals surface area contributed by atoms with Crippen molar-refractivity contribution in [2.75, 3.05) is 4.90 Å². The summed E-state index contributed by atoms with van der Waals surface area (Å²) >= 11 is 0. The van der Waals surface area contributed by atoms with Crippen LogP contribution in [-0.2, 0) is 0 Å². The zero-order chi connectivity index (χ0) is 26.8. The number of hydrogen-bond acceptors (Lipinski definition) is 4. The fourth-order valence-corrected chi connectivity index (χ4v) is 5.33. The van der Waals surface area contributed by atoms with Gasteiger partial charge in [-0.2, -0.15) is 9.97 Å². The van der Waals surface area contributed by atoms with Gasteiger partial charge in [-0.25, -0.2) is 4.98 Å². The maximum Gasteiger partial charge on any atom is 0.238 e. The average molecular weight is 505 g/mol. The molecule has 0 fully saturated rings. The van der Waals surface area contributed by atoms with Crippen molar-refractivity contribution in [3.63, 3.8) is 0 Å². The largest absolute Gasteiger partial charge is 0.282 e. The van der Waals surface area contributed by atoms with Crippen LogP contribution < -0.4 is 4.90 Å². The number of rotatable bonds is 5. The molecule has 4 heteroatoms. The van der Waals surface area contributed by atoms with E-state index in [9.17, 15) is 0 Å². The molecule has 1 aliphatic heterocycles. The van der Waals surface area contributed by atoms with Crippen LogP contribution in [0.15, 0.2) is 121 Å². The molecule has 0 radical (unpaired) electrons. The van der Waals surface area contributed by atoms with Crippen molar-refractivity contribution >= 4 is 17.2 Å². The van der Waals surface area contributed by atoms with Crippen LogP contribution in [0.3, 0.4) is 0 Å². The Labute approximate surface area is 229 Å². The van der Waals surface area contributed by atoms with E-state index in [2.05, 4.69) is 85.4 Å². The molecule has 0 N–H and O–H groups in total. The summed E-state index contributed by atoms with van der Waals surface area (Å²) in [6.45, 7) is 4.24. The molecule has 0 amide bonds. The monoisotopic (exact) mass is 504 g/mol. The highest BCUT2D eigenvalue weighted by Gasteiger charge is 2.37. The number of benzene rings is 3. The number of fused-ring (bicyclic) bond motifs is 3. The summed E-state index contributed by atoms with van der Waals surface area (Å²) in [5.74, 6) is 4.75. The molecule has 2 heterocycles. The Morgan fingerprint density at radius 2 is 1.59 bits per heavy atom. The predicted octanol–water partition coefficient (Wildman–Crippen LogP) is 8.27. The second-order valence-electron chi connectivity index (χ2n) is 9.75. The van der Waals surface area contributed by atoms with Crippen molar-refractivity contribution in [1.29, 1.82) is 0 Å². The summed E-state index contributed by atoms with van der Waals surface area (Å²) in [7, 11) is 0. The summed E-state index contributed by atoms with van der Waals surface area (Å²) in [6.07, 6.45) is 16.3. The van der Waals surface area contributed by atoms with E-state index in [0.29, 0.717) is 23.5 Å². The molecule has 4 aromatic rings. The zero-order valence-electron chi connectivity index (χ0n) is 22.0. The Morgan fingerprint density at radius 1 is 0.897 bits per heavy atom. The molecule has 1 atom stereocenters. The Morgan fingerprint density at radius 3 is 2.33 bits per heavy atom. The molecule has 6 rings (SSSR count). The number of terminal acetylenes is 1. The van der Waals surface area contributed by atoms with Crippen LogP contribution in [0.1, 0.15) is 37.3 Å². The predicted molar refractivity (Wildman–Crippen MR) is 160 cm³/mol. The minimum Gasteiger partial charge on any atom is -0.282 e. The van der Waals surface area contributed by atoms with Gasteiger partial charge in [0.25, 0.3) is 0 Å². The van der Waals surface area contributed by atoms with Gasteiger partial charge in [-0.05, 0) is 54.7 Å². The molecular weight excluding hydrogens is 476 g/mol. The number of aromatic nitrogens is 3. The first kappa shape index (κ1) is 24.3. The summed E-state index contributed by atoms with van der Waals surface area (Å²) in [6, 6.07) is 27.0. The number of allylic oxidation sites excluding steroid dienone is 8. The Bertz CT molecular complexity index is 1700. The molecule has 188 valence electrons. The molecular formula is C35H28N4. The van der Waals surface area contributed by atoms with Crippen LogP contribution >= 0.6 is 0 Å². The molecule has 0 saturated heterocycles. The lowest BCUT2D eigenvalue weighted by Gasteiger charge is -2.25. The molecule has 0 spiro atoms. The van der Waals surface area contributed by atoms with Crippen molar-refractivity contribution in [3.8, 4) is 35.1 Å². The van der Waals surface area contributed by atoms with Crippen molar-refractivity contribution in [2.45, 2.75) is 26.2 Å². The smallest absolute Gasteiger partial charge is 0.238 e. The molecule has 4 nitrogen and oxygen atoms in total. The van der Waals surface area contributed by atoms with E-state index in [-0.39, 0.29) is 0 Å². The summed E-state index contributed by atoms with van der Waals surface area (Å²) in [5, 5.41) is 0. The van der Waals surface area contributed by atoms with Crippen LogP contribution in [0.2, 0.25) is 0 Å². The van der Waals surface area contributed by atoms with Crippen molar-refractivity contribution < 1.29 is 0 Å². The van der Waals surface area contributed by atoms with Crippen molar-refractivity contribution in [2.24, 2.45) is 0 Å². The van der Waals surface area contributed by atoms with Gasteiger partial charge < -0.3 is 0 Å². The van der Waals surface area contributed by atoms with Gasteiger partial charge in [0.1, 0.15) is 0 Å². The first-order chi connectivity index (χ1) is 19.1. The summed E-state index contributed by atoms with van der Waals surface area (Å²) in [4.78, 5) is 17.3. The maximum absolute atomic E-state index is 5.32. The van der Waals surface area contributed by atoms with Gasteiger partial charge in [0, 0.05) is 22.7 Å². The third kappa shape index (κ3) is 4.60. The maximum atomic E-state index is 5.32. The minimum absolute atomic E-state index is 0.296. The van der Waals surface area contributed by atoms with E-state index in [1.807, 2.05) is 42.5 Å². The highest BCUT2D eigenvalue weighted by Crippen LogP contribution is 2.51. The van der Waals surface area contributed by atoms with Gasteiger partial charge >= 0.3 is 0 Å². The van der Waals surface area contributed by atoms with E-state index in [1.165, 1.54) is 16.8 Å². The number of anilines is 2. The molecule has 3 aromatic carbocycles. The Hall–Kier alpha value is -5.01. The van der Waals surface area contributed by atoms with Gasteiger partial charge in [-0.15, -0.1) is 6.42 Å². The summed E-state index contributed by atoms with van der Waals surface area (Å²) < 4.78 is 0. The minimum atomic E-state index is 0.296. The first-order valence-electron chi connectivity index (χ1n) is 13.1. The SMILES string of the molecule is C#C/C=C\C=C(/C)c1ccc(-c2nc(-c3ccccc3)nc(N3C4=C(C)C=CCC4c4ccccc43)n2)cc1. The van der Waals surface area contributed by atoms with E-state index < -0.39 is 0 Å². The number of para-hydroxylation sites is 1. The van der Waals surface area contributed by atoms with E-state index in [1.54, 1.807) is 6.08 Å². The van der Waals surface area contributed by atoms with Gasteiger partial charge in [0.15, 0.2) is 11.6 Å². The highest BCUT2D eigenvalue weighted by molar-refractivity contribution is 5.78. The van der Waals surface area contributed by atoms with Crippen molar-refractivity contribution in [1.82, 2.24) is 15.0 Å². The zero-order valence-corrected chi connectivity index (χ0v) is 22.0. The Kier molecular flexibility index (Phi) is 6.49. The lowest BCUT2D eigenvalue weighted by Crippen LogP contribution is -2.20. The normalized spacial score (nSPS) is 16.4. The van der Waals surface area contributed by atoms with E-state index in [0.717, 1.165) is 34.4 Å². The molecule has 1 aromatic heterocycles. The second kappa shape index (κ2) is 10.4. The third-order valence-electron chi connectivity index (χ3n) is 7.26. The van der Waals surface area contributed by atoms with Gasteiger partial charge in [0.2, 0.25) is 5.95 Å².